The molecule has 0 aliphatic heterocycles. The summed E-state index contributed by atoms with van der Waals surface area (Å²) in [6.45, 7) is 4.07. The first-order chi connectivity index (χ1) is 9.57. The van der Waals surface area contributed by atoms with Gasteiger partial charge in [0.15, 0.2) is 0 Å². The van der Waals surface area contributed by atoms with E-state index in [9.17, 15) is 4.79 Å². The predicted octanol–water partition coefficient (Wildman–Crippen LogP) is 2.31. The number of benzene rings is 1. The van der Waals surface area contributed by atoms with Crippen molar-refractivity contribution in [1.82, 2.24) is 5.32 Å². The van der Waals surface area contributed by atoms with E-state index in [1.807, 2.05) is 13.0 Å². The topological polar surface area (TPSA) is 56.8 Å². The molecule has 1 N–H and O–H groups in total. The molecule has 2 atom stereocenters. The van der Waals surface area contributed by atoms with Crippen LogP contribution in [0.5, 0.6) is 11.5 Å². The number of ether oxygens (including phenoxy) is 3. The summed E-state index contributed by atoms with van der Waals surface area (Å²) in [5, 5.41) is 3.25. The van der Waals surface area contributed by atoms with Crippen LogP contribution in [0.2, 0.25) is 0 Å². The first kappa shape index (κ1) is 16.3. The van der Waals surface area contributed by atoms with Gasteiger partial charge >= 0.3 is 5.97 Å². The molecular formula is C15H23NO4. The summed E-state index contributed by atoms with van der Waals surface area (Å²) >= 11 is 0. The van der Waals surface area contributed by atoms with Gasteiger partial charge in [-0.25, -0.2) is 4.79 Å². The molecule has 0 fully saturated rings. The molecule has 0 aromatic heterocycles. The van der Waals surface area contributed by atoms with E-state index < -0.39 is 6.04 Å². The third-order valence-electron chi connectivity index (χ3n) is 3.25. The van der Waals surface area contributed by atoms with Crippen molar-refractivity contribution < 1.29 is 19.0 Å². The van der Waals surface area contributed by atoms with Crippen LogP contribution in [-0.2, 0) is 9.53 Å². The monoisotopic (exact) mass is 281 g/mol. The molecule has 0 aliphatic carbocycles. The maximum atomic E-state index is 12.0. The van der Waals surface area contributed by atoms with E-state index in [0.717, 1.165) is 12.0 Å². The van der Waals surface area contributed by atoms with Crippen LogP contribution in [0, 0.1) is 0 Å². The smallest absolute Gasteiger partial charge is 0.327 e. The zero-order valence-corrected chi connectivity index (χ0v) is 12.7. The number of rotatable bonds is 7. The van der Waals surface area contributed by atoms with E-state index in [1.54, 1.807) is 26.4 Å². The number of carbonyl (C=O) groups is 1. The van der Waals surface area contributed by atoms with Crippen molar-refractivity contribution in [3.8, 4) is 11.5 Å². The van der Waals surface area contributed by atoms with Crippen LogP contribution < -0.4 is 14.8 Å². The Labute approximate surface area is 120 Å². The van der Waals surface area contributed by atoms with Crippen LogP contribution in [0.4, 0.5) is 0 Å². The van der Waals surface area contributed by atoms with Crippen molar-refractivity contribution in [3.05, 3.63) is 23.8 Å². The quantitative estimate of drug-likeness (QED) is 0.777. The molecule has 0 radical (unpaired) electrons. The molecule has 0 aliphatic rings. The van der Waals surface area contributed by atoms with Crippen LogP contribution in [0.25, 0.3) is 0 Å². The summed E-state index contributed by atoms with van der Waals surface area (Å²) in [5.41, 5.74) is 0.737. The molecule has 0 bridgehead atoms. The van der Waals surface area contributed by atoms with E-state index >= 15 is 0 Å². The zero-order chi connectivity index (χ0) is 15.1. The highest BCUT2D eigenvalue weighted by atomic mass is 16.5. The van der Waals surface area contributed by atoms with Crippen LogP contribution in [0.1, 0.15) is 31.9 Å². The minimum absolute atomic E-state index is 0.186. The largest absolute Gasteiger partial charge is 0.497 e. The number of nitrogens with one attached hydrogen (secondary N) is 1. The minimum atomic E-state index is -0.559. The molecule has 2 unspecified atom stereocenters. The second-order valence-corrected chi connectivity index (χ2v) is 4.54. The Morgan fingerprint density at radius 2 is 1.95 bits per heavy atom. The molecule has 0 saturated heterocycles. The molecule has 20 heavy (non-hydrogen) atoms. The molecule has 1 aromatic carbocycles. The Kier molecular flexibility index (Phi) is 6.31. The van der Waals surface area contributed by atoms with Gasteiger partial charge in [0.2, 0.25) is 0 Å². The Morgan fingerprint density at radius 3 is 2.45 bits per heavy atom. The minimum Gasteiger partial charge on any atom is -0.497 e. The van der Waals surface area contributed by atoms with E-state index in [2.05, 4.69) is 12.2 Å². The number of hydrogen-bond acceptors (Lipinski definition) is 5. The van der Waals surface area contributed by atoms with Gasteiger partial charge in [0.25, 0.3) is 0 Å². The molecule has 1 rings (SSSR count). The van der Waals surface area contributed by atoms with Crippen LogP contribution >= 0.6 is 0 Å². The molecular weight excluding hydrogens is 258 g/mol. The van der Waals surface area contributed by atoms with Gasteiger partial charge in [-0.05, 0) is 25.5 Å². The zero-order valence-electron chi connectivity index (χ0n) is 12.7. The maximum absolute atomic E-state index is 12.0. The highest BCUT2D eigenvalue weighted by molar-refractivity contribution is 5.78. The highest BCUT2D eigenvalue weighted by Crippen LogP contribution is 2.30. The summed E-state index contributed by atoms with van der Waals surface area (Å²) in [4.78, 5) is 12.0. The van der Waals surface area contributed by atoms with Gasteiger partial charge in [-0.3, -0.25) is 5.32 Å². The summed E-state index contributed by atoms with van der Waals surface area (Å²) < 4.78 is 15.4. The fourth-order valence-corrected chi connectivity index (χ4v) is 1.86. The van der Waals surface area contributed by atoms with Crippen LogP contribution in [0.15, 0.2) is 18.2 Å². The summed E-state index contributed by atoms with van der Waals surface area (Å²) in [6.07, 6.45) is 0.909. The fraction of sp³-hybridized carbons (Fsp3) is 0.533. The lowest BCUT2D eigenvalue weighted by molar-refractivity contribution is -0.143. The molecule has 0 amide bonds. The summed E-state index contributed by atoms with van der Waals surface area (Å²) in [6, 6.07) is 4.99. The lowest BCUT2D eigenvalue weighted by Crippen LogP contribution is -2.35. The normalized spacial score (nSPS) is 13.4. The summed E-state index contributed by atoms with van der Waals surface area (Å²) in [7, 11) is 4.53. The van der Waals surface area contributed by atoms with Gasteiger partial charge in [-0.2, -0.15) is 0 Å². The molecule has 0 heterocycles. The Balaban J connectivity index is 3.15. The van der Waals surface area contributed by atoms with E-state index in [0.29, 0.717) is 11.5 Å². The number of methoxy groups -OCH3 is 3. The van der Waals surface area contributed by atoms with Crippen molar-refractivity contribution in [2.75, 3.05) is 21.3 Å². The van der Waals surface area contributed by atoms with E-state index in [-0.39, 0.29) is 12.0 Å². The number of hydrogen-bond donors (Lipinski definition) is 1. The Hall–Kier alpha value is -1.75. The first-order valence-electron chi connectivity index (χ1n) is 6.63. The summed E-state index contributed by atoms with van der Waals surface area (Å²) in [5.74, 6) is 0.932. The highest BCUT2D eigenvalue weighted by Gasteiger charge is 2.26. The standard InChI is InChI=1S/C15H23NO4/c1-6-10(2)16-14(15(17)20-5)12-8-7-11(18-3)9-13(12)19-4/h7-10,14,16H,6H2,1-5H3. The van der Waals surface area contributed by atoms with Gasteiger partial charge in [0.05, 0.1) is 21.3 Å². The second kappa shape index (κ2) is 7.75. The Morgan fingerprint density at radius 1 is 1.25 bits per heavy atom. The van der Waals surface area contributed by atoms with Crippen molar-refractivity contribution in [2.45, 2.75) is 32.4 Å². The van der Waals surface area contributed by atoms with E-state index in [4.69, 9.17) is 14.2 Å². The van der Waals surface area contributed by atoms with Crippen LogP contribution in [-0.4, -0.2) is 33.3 Å². The Bertz CT molecular complexity index is 447. The van der Waals surface area contributed by atoms with Crippen molar-refractivity contribution in [1.29, 1.82) is 0 Å². The SMILES string of the molecule is CCC(C)NC(C(=O)OC)c1ccc(OC)cc1OC. The first-order valence-corrected chi connectivity index (χ1v) is 6.63. The van der Waals surface area contributed by atoms with Crippen LogP contribution in [0.3, 0.4) is 0 Å². The van der Waals surface area contributed by atoms with Crippen molar-refractivity contribution in [3.63, 3.8) is 0 Å². The number of carbonyl (C=O) groups excluding carboxylic acids is 1. The lowest BCUT2D eigenvalue weighted by atomic mass is 10.0. The molecule has 1 aromatic rings. The second-order valence-electron chi connectivity index (χ2n) is 4.54. The molecule has 5 heteroatoms. The molecule has 0 saturated carbocycles. The third-order valence-corrected chi connectivity index (χ3v) is 3.25. The molecule has 0 spiro atoms. The lowest BCUT2D eigenvalue weighted by Gasteiger charge is -2.22. The van der Waals surface area contributed by atoms with Crippen molar-refractivity contribution >= 4 is 5.97 Å². The fourth-order valence-electron chi connectivity index (χ4n) is 1.86. The van der Waals surface area contributed by atoms with Gasteiger partial charge in [-0.15, -0.1) is 0 Å². The maximum Gasteiger partial charge on any atom is 0.327 e. The molecule has 5 nitrogen and oxygen atoms in total. The average molecular weight is 281 g/mol. The molecule has 112 valence electrons. The predicted molar refractivity (Wildman–Crippen MR) is 77.2 cm³/mol. The van der Waals surface area contributed by atoms with Gasteiger partial charge in [0, 0.05) is 17.7 Å². The van der Waals surface area contributed by atoms with Gasteiger partial charge in [-0.1, -0.05) is 6.92 Å². The van der Waals surface area contributed by atoms with Crippen molar-refractivity contribution in [2.24, 2.45) is 0 Å². The van der Waals surface area contributed by atoms with Gasteiger partial charge < -0.3 is 14.2 Å². The average Bonchev–Trinajstić information content (AvgIpc) is 2.50. The van der Waals surface area contributed by atoms with E-state index in [1.165, 1.54) is 7.11 Å². The van der Waals surface area contributed by atoms with Gasteiger partial charge in [0.1, 0.15) is 17.5 Å². The third kappa shape index (κ3) is 3.87. The number of esters is 1.